The molecule has 0 bridgehead atoms. The summed E-state index contributed by atoms with van der Waals surface area (Å²) in [6.45, 7) is 1.53. The monoisotopic (exact) mass is 701 g/mol. The summed E-state index contributed by atoms with van der Waals surface area (Å²) in [4.78, 5) is 30.7. The van der Waals surface area contributed by atoms with Gasteiger partial charge in [-0.15, -0.1) is 0 Å². The molecule has 6 aromatic rings. The maximum atomic E-state index is 13.9. The average Bonchev–Trinajstić information content (AvgIpc) is 3.64. The molecular formula is C40H35N3O7S. The quantitative estimate of drug-likeness (QED) is 0.106. The molecular weight excluding hydrogens is 667 g/mol. The van der Waals surface area contributed by atoms with E-state index < -0.39 is 33.4 Å². The lowest BCUT2D eigenvalue weighted by molar-refractivity contribution is -0.147. The number of esters is 1. The van der Waals surface area contributed by atoms with E-state index in [1.165, 1.54) is 38.3 Å². The van der Waals surface area contributed by atoms with Crippen molar-refractivity contribution in [2.75, 3.05) is 18.7 Å². The van der Waals surface area contributed by atoms with E-state index in [0.717, 1.165) is 22.9 Å². The van der Waals surface area contributed by atoms with Crippen LogP contribution in [0.4, 0.5) is 5.69 Å². The number of nitrogens with one attached hydrogen (secondary N) is 1. The number of rotatable bonds is 12. The number of nitrogens with zero attached hydrogens (tertiary/aromatic N) is 2. The molecule has 0 radical (unpaired) electrons. The number of imidazole rings is 1. The van der Waals surface area contributed by atoms with Crippen LogP contribution < -0.4 is 14.8 Å². The maximum Gasteiger partial charge on any atom is 0.346 e. The van der Waals surface area contributed by atoms with E-state index >= 15 is 0 Å². The lowest BCUT2D eigenvalue weighted by Crippen LogP contribution is -2.37. The Kier molecular flexibility index (Phi) is 10.0. The summed E-state index contributed by atoms with van der Waals surface area (Å²) in [6.07, 6.45) is 3.52. The van der Waals surface area contributed by atoms with E-state index in [9.17, 15) is 18.0 Å². The standard InChI is InChI=1S/C40H35N3O7S/c1-28(39(45)48-2)49-34-23-32(24-35(25-34)50-33-19-21-36(22-20-33)51(3,46)47)42-38(44)37-26-43(27-41-37)40(29-13-7-4-8-14-29,30-15-9-5-10-16-30)31-17-11-6-12-18-31/h4-28H,1-3H3,(H,42,44)/t28-/m0/s1. The first-order chi connectivity index (χ1) is 24.6. The predicted octanol–water partition coefficient (Wildman–Crippen LogP) is 7.11. The van der Waals surface area contributed by atoms with Gasteiger partial charge < -0.3 is 24.1 Å². The second kappa shape index (κ2) is 14.7. The fraction of sp³-hybridized carbons (Fsp3) is 0.125. The molecule has 1 heterocycles. The van der Waals surface area contributed by atoms with E-state index in [0.29, 0.717) is 11.4 Å². The van der Waals surface area contributed by atoms with Gasteiger partial charge >= 0.3 is 5.97 Å². The molecule has 0 saturated heterocycles. The van der Waals surface area contributed by atoms with Crippen LogP contribution >= 0.6 is 0 Å². The van der Waals surface area contributed by atoms with Crippen LogP contribution in [0.2, 0.25) is 0 Å². The van der Waals surface area contributed by atoms with E-state index in [-0.39, 0.29) is 22.1 Å². The van der Waals surface area contributed by atoms with Gasteiger partial charge in [-0.05, 0) is 47.9 Å². The van der Waals surface area contributed by atoms with Crippen molar-refractivity contribution in [2.45, 2.75) is 23.5 Å². The highest BCUT2D eigenvalue weighted by molar-refractivity contribution is 7.90. The van der Waals surface area contributed by atoms with Gasteiger partial charge in [0.25, 0.3) is 5.91 Å². The molecule has 1 atom stereocenters. The summed E-state index contributed by atoms with van der Waals surface area (Å²) in [7, 11) is -2.14. The topological polar surface area (TPSA) is 126 Å². The first-order valence-corrected chi connectivity index (χ1v) is 17.9. The van der Waals surface area contributed by atoms with Gasteiger partial charge in [0, 0.05) is 36.3 Å². The van der Waals surface area contributed by atoms with Gasteiger partial charge in [0.15, 0.2) is 15.9 Å². The van der Waals surface area contributed by atoms with Crippen molar-refractivity contribution in [1.82, 2.24) is 9.55 Å². The summed E-state index contributed by atoms with van der Waals surface area (Å²) < 4.78 is 42.4. The summed E-state index contributed by atoms with van der Waals surface area (Å²) in [6, 6.07) is 40.7. The van der Waals surface area contributed by atoms with Crippen LogP contribution in [0.15, 0.2) is 151 Å². The largest absolute Gasteiger partial charge is 0.479 e. The molecule has 51 heavy (non-hydrogen) atoms. The number of ether oxygens (including phenoxy) is 3. The second-order valence-corrected chi connectivity index (χ2v) is 13.8. The van der Waals surface area contributed by atoms with Crippen LogP contribution in [-0.4, -0.2) is 49.3 Å². The lowest BCUT2D eigenvalue weighted by Gasteiger charge is -2.37. The summed E-state index contributed by atoms with van der Waals surface area (Å²) in [5.74, 6) is -0.273. The number of benzene rings is 5. The molecule has 0 aliphatic carbocycles. The Morgan fingerprint density at radius 1 is 0.745 bits per heavy atom. The Bertz CT molecular complexity index is 2140. The minimum absolute atomic E-state index is 0.141. The highest BCUT2D eigenvalue weighted by atomic mass is 32.2. The zero-order valence-corrected chi connectivity index (χ0v) is 28.9. The average molecular weight is 702 g/mol. The molecule has 0 aliphatic heterocycles. The van der Waals surface area contributed by atoms with Gasteiger partial charge in [-0.2, -0.15) is 0 Å². The molecule has 0 fully saturated rings. The number of aromatic nitrogens is 2. The van der Waals surface area contributed by atoms with E-state index in [4.69, 9.17) is 14.2 Å². The van der Waals surface area contributed by atoms with Crippen molar-refractivity contribution < 1.29 is 32.2 Å². The number of amides is 1. The molecule has 5 aromatic carbocycles. The van der Waals surface area contributed by atoms with E-state index in [1.807, 2.05) is 59.2 Å². The summed E-state index contributed by atoms with van der Waals surface area (Å²) in [5.41, 5.74) is 2.51. The number of methoxy groups -OCH3 is 1. The third-order valence-corrected chi connectivity index (χ3v) is 9.38. The number of sulfone groups is 1. The van der Waals surface area contributed by atoms with Gasteiger partial charge in [-0.25, -0.2) is 18.2 Å². The van der Waals surface area contributed by atoms with Crippen LogP contribution in [0.1, 0.15) is 34.1 Å². The van der Waals surface area contributed by atoms with Gasteiger partial charge in [-0.3, -0.25) is 4.79 Å². The highest BCUT2D eigenvalue weighted by Gasteiger charge is 2.38. The molecule has 6 rings (SSSR count). The van der Waals surface area contributed by atoms with Crippen molar-refractivity contribution in [2.24, 2.45) is 0 Å². The van der Waals surface area contributed by atoms with Crippen molar-refractivity contribution >= 4 is 27.4 Å². The van der Waals surface area contributed by atoms with E-state index in [2.05, 4.69) is 46.7 Å². The van der Waals surface area contributed by atoms with Crippen LogP contribution in [-0.2, 0) is 24.9 Å². The molecule has 258 valence electrons. The number of hydrogen-bond donors (Lipinski definition) is 1. The van der Waals surface area contributed by atoms with Gasteiger partial charge in [0.2, 0.25) is 0 Å². The molecule has 0 aliphatic rings. The Morgan fingerprint density at radius 2 is 1.27 bits per heavy atom. The van der Waals surface area contributed by atoms with Crippen LogP contribution in [0.25, 0.3) is 0 Å². The minimum atomic E-state index is -3.40. The molecule has 0 spiro atoms. The smallest absolute Gasteiger partial charge is 0.346 e. The zero-order valence-electron chi connectivity index (χ0n) is 28.1. The molecule has 1 N–H and O–H groups in total. The molecule has 0 saturated carbocycles. The molecule has 10 nitrogen and oxygen atoms in total. The van der Waals surface area contributed by atoms with Crippen molar-refractivity contribution in [3.8, 4) is 17.2 Å². The van der Waals surface area contributed by atoms with Crippen LogP contribution in [0.3, 0.4) is 0 Å². The Labute approximate surface area is 296 Å². The Morgan fingerprint density at radius 3 is 1.78 bits per heavy atom. The highest BCUT2D eigenvalue weighted by Crippen LogP contribution is 2.41. The Hall–Kier alpha value is -6.20. The predicted molar refractivity (Wildman–Crippen MR) is 193 cm³/mol. The first kappa shape index (κ1) is 34.7. The summed E-state index contributed by atoms with van der Waals surface area (Å²) in [5, 5.41) is 2.88. The van der Waals surface area contributed by atoms with Crippen molar-refractivity contribution in [1.29, 1.82) is 0 Å². The minimum Gasteiger partial charge on any atom is -0.479 e. The normalized spacial score (nSPS) is 12.1. The van der Waals surface area contributed by atoms with Crippen molar-refractivity contribution in [3.63, 3.8) is 0 Å². The molecule has 0 unspecified atom stereocenters. The molecule has 11 heteroatoms. The third-order valence-electron chi connectivity index (χ3n) is 8.25. The third kappa shape index (κ3) is 7.53. The van der Waals surface area contributed by atoms with Crippen LogP contribution in [0, 0.1) is 0 Å². The summed E-state index contributed by atoms with van der Waals surface area (Å²) >= 11 is 0. The van der Waals surface area contributed by atoms with E-state index in [1.54, 1.807) is 30.7 Å². The zero-order chi connectivity index (χ0) is 36.0. The molecule has 1 aromatic heterocycles. The van der Waals surface area contributed by atoms with Gasteiger partial charge in [0.05, 0.1) is 18.3 Å². The fourth-order valence-corrected chi connectivity index (χ4v) is 6.51. The lowest BCUT2D eigenvalue weighted by atomic mass is 9.77. The SMILES string of the molecule is COC(=O)[C@H](C)Oc1cc(NC(=O)c2cn(C(c3ccccc3)(c3ccccc3)c3ccccc3)cn2)cc(Oc2ccc(S(C)(=O)=O)cc2)c1. The maximum absolute atomic E-state index is 13.9. The Balaban J connectivity index is 1.36. The number of carbonyl (C=O) groups is 2. The second-order valence-electron chi connectivity index (χ2n) is 11.8. The first-order valence-electron chi connectivity index (χ1n) is 16.0. The van der Waals surface area contributed by atoms with Gasteiger partial charge in [0.1, 0.15) is 28.5 Å². The fourth-order valence-electron chi connectivity index (χ4n) is 5.88. The number of anilines is 1. The number of hydrogen-bond acceptors (Lipinski definition) is 8. The van der Waals surface area contributed by atoms with Crippen molar-refractivity contribution in [3.05, 3.63) is 168 Å². The van der Waals surface area contributed by atoms with Gasteiger partial charge in [-0.1, -0.05) is 91.0 Å². The van der Waals surface area contributed by atoms with Crippen LogP contribution in [0.5, 0.6) is 17.2 Å². The number of carbonyl (C=O) groups excluding carboxylic acids is 2. The molecule has 1 amide bonds.